The molecule has 0 spiro atoms. The minimum atomic E-state index is -2.17. The Morgan fingerprint density at radius 3 is 1.46 bits per heavy atom. The number of primary amides is 3. The number of para-hydroxylation sites is 1. The van der Waals surface area contributed by atoms with Gasteiger partial charge in [-0.1, -0.05) is 18.2 Å². The first-order valence-corrected chi connectivity index (χ1v) is 29.9. The van der Waals surface area contributed by atoms with Gasteiger partial charge in [0.05, 0.1) is 31.7 Å². The lowest BCUT2D eigenvalue weighted by molar-refractivity contribution is -0.142. The van der Waals surface area contributed by atoms with Crippen LogP contribution in [-0.4, -0.2) is 224 Å². The SMILES string of the molecule is C[C@@H](O)[C@H](NC(=O)[C@H](CCCCN)NC(=O)[C@@H](NC(=O)[C@H](CS)NC(=O)[C@H](Cc1c[nH]c2ccccc12)NC(=O)[C@@H](N)CO)[C@@H](C)O)C(=O)N[C@@H](CC(N)=O)C(=O)N[C@@H](CC(=O)O)C(=O)N[C@@H](CCC(N)=O)C(=O)N[C@@H](CCCN=C(N)N)C(=O)N[C@@H](CS)C(N)=O. The van der Waals surface area contributed by atoms with E-state index < -0.39 is 199 Å². The molecule has 0 radical (unpaired) electrons. The van der Waals surface area contributed by atoms with Gasteiger partial charge in [-0.3, -0.25) is 72.1 Å². The third-order valence-electron chi connectivity index (χ3n) is 13.6. The van der Waals surface area contributed by atoms with Crippen molar-refractivity contribution in [2.45, 2.75) is 157 Å². The van der Waals surface area contributed by atoms with Crippen LogP contribution < -0.4 is 93.3 Å². The number of nitrogens with one attached hydrogen (secondary N) is 11. The number of H-pyrrole nitrogens is 1. The standard InChI is InChI=1S/C53H85N19O18S2/c1-23(74)40(72-50(88)36(22-92)70-47(85)32(66-43(81)27(55)20-73)16-25-19-62-28-9-4-3-8-26(25)28)51(89)65-29(10-5-6-14-54)46(84)71-41(24(2)75)52(90)68-33(17-38(57)77)48(86)67-34(18-39(78)79)49(87)64-31(12-13-37(56)76)45(83)63-30(11-7-15-61-53(59)60)44(82)69-35(21-91)42(58)80/h3-4,8-9,19,23-24,27,29-36,40-41,62,73-75,91-92H,5-7,10-18,20-22,54-55H2,1-2H3,(H2,56,76)(H2,57,77)(H2,58,80)(H,63,83)(H,64,87)(H,65,89)(H,66,81)(H,67,86)(H,68,90)(H,69,82)(H,70,85)(H,71,84)(H,72,88)(H,78,79)(H4,59,60,61)/t23-,24-,27+,29+,30+,31+,32+,33+,34+,35+,36+,40+,41+/m1/s1. The molecule has 1 aromatic heterocycles. The number of hydrogen-bond donors (Lipinski definition) is 24. The molecule has 0 bridgehead atoms. The van der Waals surface area contributed by atoms with Gasteiger partial charge in [-0.15, -0.1) is 0 Å². The van der Waals surface area contributed by atoms with Gasteiger partial charge in [-0.2, -0.15) is 25.3 Å². The number of aliphatic hydroxyl groups excluding tert-OH is 3. The lowest BCUT2D eigenvalue weighted by Crippen LogP contribution is -2.63. The zero-order valence-electron chi connectivity index (χ0n) is 50.4. The summed E-state index contributed by atoms with van der Waals surface area (Å²) in [6.45, 7) is 1.38. The summed E-state index contributed by atoms with van der Waals surface area (Å²) in [5.41, 5.74) is 39.4. The number of aromatic amines is 1. The first-order valence-electron chi connectivity index (χ1n) is 28.6. The van der Waals surface area contributed by atoms with E-state index in [2.05, 4.69) is 83.1 Å². The van der Waals surface area contributed by atoms with Gasteiger partial charge in [-0.25, -0.2) is 0 Å². The highest BCUT2D eigenvalue weighted by atomic mass is 32.1. The predicted molar refractivity (Wildman–Crippen MR) is 334 cm³/mol. The molecule has 13 atom stereocenters. The molecule has 39 heteroatoms. The molecule has 13 amide bonds. The number of unbranched alkanes of at least 4 members (excludes halogenated alkanes) is 1. The maximum absolute atomic E-state index is 14.1. The molecule has 2 aromatic rings. The molecular weight excluding hydrogens is 1250 g/mol. The molecule has 92 heavy (non-hydrogen) atoms. The smallest absolute Gasteiger partial charge is 0.305 e. The van der Waals surface area contributed by atoms with Crippen molar-refractivity contribution in [2.24, 2.45) is 45.1 Å². The normalized spacial score (nSPS) is 15.3. The van der Waals surface area contributed by atoms with Crippen molar-refractivity contribution in [1.82, 2.24) is 58.2 Å². The van der Waals surface area contributed by atoms with Crippen LogP contribution in [0.5, 0.6) is 0 Å². The number of thiol groups is 2. The number of nitrogens with two attached hydrogens (primary N) is 7. The number of hydrogen-bond acceptors (Lipinski definition) is 22. The van der Waals surface area contributed by atoms with Gasteiger partial charge in [0.2, 0.25) is 76.8 Å². The zero-order chi connectivity index (χ0) is 69.5. The summed E-state index contributed by atoms with van der Waals surface area (Å²) in [6.07, 6.45) is -5.66. The Kier molecular flexibility index (Phi) is 34.5. The number of amides is 13. The molecule has 1 aromatic carbocycles. The van der Waals surface area contributed by atoms with Crippen molar-refractivity contribution in [1.29, 1.82) is 0 Å². The Balaban J connectivity index is 2.41. The lowest BCUT2D eigenvalue weighted by atomic mass is 10.0. The van der Waals surface area contributed by atoms with E-state index in [1.165, 1.54) is 0 Å². The molecule has 0 aliphatic carbocycles. The number of nitrogens with zero attached hydrogens (tertiary/aromatic N) is 1. The minimum Gasteiger partial charge on any atom is -0.481 e. The Morgan fingerprint density at radius 1 is 0.533 bits per heavy atom. The van der Waals surface area contributed by atoms with Crippen LogP contribution in [-0.2, 0) is 73.5 Å². The van der Waals surface area contributed by atoms with Crippen molar-refractivity contribution in [3.63, 3.8) is 0 Å². The molecule has 29 N–H and O–H groups in total. The average Bonchev–Trinajstić information content (AvgIpc) is 1.61. The number of carbonyl (C=O) groups is 14. The number of carbonyl (C=O) groups excluding carboxylic acids is 13. The van der Waals surface area contributed by atoms with Crippen molar-refractivity contribution < 1.29 is 87.5 Å². The van der Waals surface area contributed by atoms with E-state index in [4.69, 9.17) is 40.1 Å². The van der Waals surface area contributed by atoms with Crippen LogP contribution in [0.25, 0.3) is 10.9 Å². The molecule has 37 nitrogen and oxygen atoms in total. The third-order valence-corrected chi connectivity index (χ3v) is 14.3. The van der Waals surface area contributed by atoms with Gasteiger partial charge in [0.1, 0.15) is 66.5 Å². The number of aliphatic hydroxyl groups is 3. The maximum Gasteiger partial charge on any atom is 0.305 e. The van der Waals surface area contributed by atoms with Crippen molar-refractivity contribution >= 4 is 125 Å². The third kappa shape index (κ3) is 27.3. The monoisotopic (exact) mass is 1340 g/mol. The Labute approximate surface area is 537 Å². The van der Waals surface area contributed by atoms with Crippen molar-refractivity contribution in [3.8, 4) is 0 Å². The molecule has 0 aliphatic rings. The molecule has 0 unspecified atom stereocenters. The van der Waals surface area contributed by atoms with E-state index in [9.17, 15) is 87.5 Å². The fourth-order valence-corrected chi connectivity index (χ4v) is 9.11. The number of benzene rings is 1. The summed E-state index contributed by atoms with van der Waals surface area (Å²) in [7, 11) is 0. The highest BCUT2D eigenvalue weighted by Crippen LogP contribution is 2.20. The number of carboxylic acid groups (broad SMARTS) is 1. The highest BCUT2D eigenvalue weighted by molar-refractivity contribution is 7.80. The van der Waals surface area contributed by atoms with Crippen molar-refractivity contribution in [3.05, 3.63) is 36.0 Å². The Hall–Kier alpha value is -8.89. The zero-order valence-corrected chi connectivity index (χ0v) is 52.2. The van der Waals surface area contributed by atoms with Crippen LogP contribution in [0, 0.1) is 0 Å². The Morgan fingerprint density at radius 2 is 0.967 bits per heavy atom. The van der Waals surface area contributed by atoms with Gasteiger partial charge in [-0.05, 0) is 70.5 Å². The second-order valence-electron chi connectivity index (χ2n) is 21.1. The Bertz CT molecular complexity index is 2950. The van der Waals surface area contributed by atoms with Crippen LogP contribution in [0.3, 0.4) is 0 Å². The number of aromatic nitrogens is 1. The van der Waals surface area contributed by atoms with Crippen LogP contribution in [0.15, 0.2) is 35.5 Å². The second kappa shape index (κ2) is 40.1. The highest BCUT2D eigenvalue weighted by Gasteiger charge is 2.38. The number of rotatable bonds is 43. The summed E-state index contributed by atoms with van der Waals surface area (Å²) in [6, 6.07) is -11.9. The van der Waals surface area contributed by atoms with Gasteiger partial charge in [0.25, 0.3) is 0 Å². The van der Waals surface area contributed by atoms with Crippen LogP contribution >= 0.6 is 25.3 Å². The largest absolute Gasteiger partial charge is 0.481 e. The average molecular weight is 1340 g/mol. The summed E-state index contributed by atoms with van der Waals surface area (Å²) in [5.74, 6) is -17.7. The summed E-state index contributed by atoms with van der Waals surface area (Å²) in [4.78, 5) is 193. The lowest BCUT2D eigenvalue weighted by Gasteiger charge is -2.29. The number of carboxylic acids is 1. The molecule has 0 saturated heterocycles. The van der Waals surface area contributed by atoms with E-state index in [-0.39, 0.29) is 63.3 Å². The molecule has 0 aliphatic heterocycles. The summed E-state index contributed by atoms with van der Waals surface area (Å²) in [5, 5.41) is 64.4. The first kappa shape index (κ1) is 79.2. The summed E-state index contributed by atoms with van der Waals surface area (Å²) >= 11 is 8.17. The van der Waals surface area contributed by atoms with Crippen LogP contribution in [0.1, 0.15) is 77.2 Å². The fourth-order valence-electron chi connectivity index (χ4n) is 8.58. The maximum atomic E-state index is 14.1. The molecule has 512 valence electrons. The second-order valence-corrected chi connectivity index (χ2v) is 21.8. The van der Waals surface area contributed by atoms with E-state index in [0.717, 1.165) is 13.8 Å². The number of aliphatic imine (C=N–C) groups is 1. The van der Waals surface area contributed by atoms with Crippen LogP contribution in [0.4, 0.5) is 0 Å². The fraction of sp³-hybridized carbons (Fsp3) is 0.566. The minimum absolute atomic E-state index is 0.0374. The van der Waals surface area contributed by atoms with E-state index in [0.29, 0.717) is 16.5 Å². The van der Waals surface area contributed by atoms with E-state index in [1.807, 2.05) is 5.32 Å². The van der Waals surface area contributed by atoms with Crippen molar-refractivity contribution in [2.75, 3.05) is 31.2 Å². The molecule has 2 rings (SSSR count). The molecule has 0 saturated carbocycles. The first-order chi connectivity index (χ1) is 43.3. The van der Waals surface area contributed by atoms with Crippen LogP contribution in [0.2, 0.25) is 0 Å². The molecule has 0 fully saturated rings. The predicted octanol–water partition coefficient (Wildman–Crippen LogP) is -10.2. The molecular formula is C53H85N19O18S2. The van der Waals surface area contributed by atoms with Gasteiger partial charge in [0.15, 0.2) is 5.96 Å². The molecule has 1 heterocycles. The van der Waals surface area contributed by atoms with Gasteiger partial charge in [0, 0.05) is 48.0 Å². The number of aliphatic carboxylic acids is 1. The van der Waals surface area contributed by atoms with E-state index in [1.54, 1.807) is 30.5 Å². The number of guanidine groups is 1. The number of fused-ring (bicyclic) bond motifs is 1. The van der Waals surface area contributed by atoms with Gasteiger partial charge >= 0.3 is 5.97 Å². The topological polar surface area (TPSA) is 650 Å². The summed E-state index contributed by atoms with van der Waals surface area (Å²) < 4.78 is 0. The van der Waals surface area contributed by atoms with E-state index >= 15 is 0 Å². The van der Waals surface area contributed by atoms with Gasteiger partial charge < -0.3 is 119 Å². The quantitative estimate of drug-likeness (QED) is 0.0127.